The van der Waals surface area contributed by atoms with Crippen molar-refractivity contribution < 1.29 is 28.4 Å². The van der Waals surface area contributed by atoms with Gasteiger partial charge in [0.05, 0.1) is 29.7 Å². The lowest BCUT2D eigenvalue weighted by molar-refractivity contribution is -0.0227. The van der Waals surface area contributed by atoms with Gasteiger partial charge in [-0.2, -0.15) is 10.2 Å². The molecule has 0 unspecified atom stereocenters. The molecule has 3 heterocycles. The van der Waals surface area contributed by atoms with Crippen molar-refractivity contribution in [3.63, 3.8) is 0 Å². The predicted molar refractivity (Wildman–Crippen MR) is 128 cm³/mol. The number of aromatic nitrogens is 5. The molecule has 1 fully saturated rings. The van der Waals surface area contributed by atoms with Crippen LogP contribution in [0.25, 0.3) is 16.3 Å². The molecule has 15 heteroatoms. The number of phosphoric acid groups is 1. The van der Waals surface area contributed by atoms with Crippen LogP contribution < -0.4 is 11.1 Å². The number of hydrogen-bond acceptors (Lipinski definition) is 9. The number of allylic oxidation sites excluding steroid dienone is 1. The van der Waals surface area contributed by atoms with E-state index in [9.17, 15) is 9.36 Å². The Bertz CT molecular complexity index is 1270. The van der Waals surface area contributed by atoms with Crippen molar-refractivity contribution in [2.75, 3.05) is 11.9 Å². The average Bonchev–Trinajstić information content (AvgIpc) is 3.52. The van der Waals surface area contributed by atoms with E-state index in [0.717, 1.165) is 12.8 Å². The predicted octanol–water partition coefficient (Wildman–Crippen LogP) is 2.58. The van der Waals surface area contributed by atoms with Crippen molar-refractivity contribution in [3.8, 4) is 10.6 Å². The maximum atomic E-state index is 12.9. The van der Waals surface area contributed by atoms with Crippen molar-refractivity contribution in [1.82, 2.24) is 24.5 Å². The lowest BCUT2D eigenvalue weighted by atomic mass is 9.89. The van der Waals surface area contributed by atoms with Crippen molar-refractivity contribution in [1.29, 1.82) is 0 Å². The van der Waals surface area contributed by atoms with Crippen molar-refractivity contribution in [2.24, 2.45) is 5.73 Å². The first-order valence-electron chi connectivity index (χ1n) is 10.8. The molecule has 5 N–H and O–H groups in total. The summed E-state index contributed by atoms with van der Waals surface area (Å²) in [4.78, 5) is 34.9. The first-order valence-corrected chi connectivity index (χ1v) is 13.2. The molecule has 188 valence electrons. The van der Waals surface area contributed by atoms with E-state index in [1.54, 1.807) is 24.6 Å². The van der Waals surface area contributed by atoms with Crippen LogP contribution in [0.3, 0.4) is 0 Å². The number of nitrogens with zero attached hydrogens (tertiary/aromatic N) is 5. The highest BCUT2D eigenvalue weighted by molar-refractivity contribution is 7.46. The van der Waals surface area contributed by atoms with Gasteiger partial charge in [-0.05, 0) is 26.7 Å². The van der Waals surface area contributed by atoms with E-state index in [1.165, 1.54) is 28.4 Å². The summed E-state index contributed by atoms with van der Waals surface area (Å²) in [7, 11) is -4.61. The second kappa shape index (κ2) is 10.4. The molecule has 3 aromatic heterocycles. The fraction of sp³-hybridized carbons (Fsp3) is 0.400. The summed E-state index contributed by atoms with van der Waals surface area (Å²) >= 11 is 1.23. The van der Waals surface area contributed by atoms with Crippen molar-refractivity contribution >= 4 is 36.5 Å². The van der Waals surface area contributed by atoms with Crippen molar-refractivity contribution in [2.45, 2.75) is 45.6 Å². The summed E-state index contributed by atoms with van der Waals surface area (Å²) in [5.41, 5.74) is 8.31. The highest BCUT2D eigenvalue weighted by atomic mass is 32.1. The fourth-order valence-corrected chi connectivity index (χ4v) is 4.57. The van der Waals surface area contributed by atoms with Crippen LogP contribution in [0.4, 0.5) is 5.69 Å². The van der Waals surface area contributed by atoms with Crippen LogP contribution >= 0.6 is 19.2 Å². The third kappa shape index (κ3) is 6.04. The molecular weight excluding hydrogens is 497 g/mol. The average molecular weight is 524 g/mol. The Morgan fingerprint density at radius 1 is 1.40 bits per heavy atom. The van der Waals surface area contributed by atoms with Gasteiger partial charge in [0, 0.05) is 29.9 Å². The van der Waals surface area contributed by atoms with Crippen LogP contribution in [0.5, 0.6) is 0 Å². The second-order valence-corrected chi connectivity index (χ2v) is 9.92. The summed E-state index contributed by atoms with van der Waals surface area (Å²) in [5, 5.41) is 13.5. The van der Waals surface area contributed by atoms with Crippen LogP contribution in [-0.4, -0.2) is 52.9 Å². The number of carbonyl (C=O) groups is 1. The number of carbonyl (C=O) groups excluding carboxylic acids is 1. The number of amides is 1. The molecule has 1 aliphatic carbocycles. The van der Waals surface area contributed by atoms with E-state index in [0.29, 0.717) is 34.3 Å². The monoisotopic (exact) mass is 523 g/mol. The molecule has 1 amide bonds. The van der Waals surface area contributed by atoms with Crippen LogP contribution in [0.1, 0.15) is 48.9 Å². The van der Waals surface area contributed by atoms with Gasteiger partial charge in [0.1, 0.15) is 16.4 Å². The SMILES string of the molecule is C/C=C(\N)c1nn([C@H]2C[C@@H](OCC)C2)cc1NC(=O)c1csc(-c2cnn(COP(=O)(O)O)c2)n1. The molecule has 1 aliphatic rings. The van der Waals surface area contributed by atoms with Gasteiger partial charge >= 0.3 is 7.82 Å². The molecule has 0 saturated heterocycles. The van der Waals surface area contributed by atoms with E-state index in [-0.39, 0.29) is 17.8 Å². The van der Waals surface area contributed by atoms with Crippen LogP contribution in [0.2, 0.25) is 0 Å². The van der Waals surface area contributed by atoms with Gasteiger partial charge in [-0.3, -0.25) is 14.0 Å². The Morgan fingerprint density at radius 2 is 2.17 bits per heavy atom. The number of anilines is 1. The van der Waals surface area contributed by atoms with Gasteiger partial charge in [0.15, 0.2) is 6.73 Å². The minimum Gasteiger partial charge on any atom is -0.397 e. The molecule has 13 nitrogen and oxygen atoms in total. The fourth-order valence-electron chi connectivity index (χ4n) is 3.52. The zero-order chi connectivity index (χ0) is 25.2. The Kier molecular flexibility index (Phi) is 7.50. The Morgan fingerprint density at radius 3 is 2.86 bits per heavy atom. The van der Waals surface area contributed by atoms with Gasteiger partial charge in [-0.25, -0.2) is 14.2 Å². The maximum Gasteiger partial charge on any atom is 0.471 e. The third-order valence-corrected chi connectivity index (χ3v) is 6.73. The Labute approximate surface area is 204 Å². The Hall–Kier alpha value is -2.87. The molecule has 0 aromatic carbocycles. The minimum atomic E-state index is -4.61. The summed E-state index contributed by atoms with van der Waals surface area (Å²) in [5.74, 6) is -0.421. The topological polar surface area (TPSA) is 180 Å². The molecule has 0 bridgehead atoms. The number of ether oxygens (including phenoxy) is 1. The lowest BCUT2D eigenvalue weighted by Crippen LogP contribution is -2.33. The van der Waals surface area contributed by atoms with Crippen LogP contribution in [0.15, 0.2) is 30.0 Å². The van der Waals surface area contributed by atoms with Crippen LogP contribution in [-0.2, 0) is 20.6 Å². The number of thiazole rings is 1. The zero-order valence-corrected chi connectivity index (χ0v) is 20.8. The van der Waals surface area contributed by atoms with E-state index >= 15 is 0 Å². The third-order valence-electron chi connectivity index (χ3n) is 5.39. The first-order chi connectivity index (χ1) is 16.7. The molecule has 0 atom stereocenters. The maximum absolute atomic E-state index is 12.9. The molecule has 0 aliphatic heterocycles. The molecule has 0 spiro atoms. The highest BCUT2D eigenvalue weighted by Gasteiger charge is 2.32. The van der Waals surface area contributed by atoms with Gasteiger partial charge in [-0.1, -0.05) is 6.08 Å². The normalized spacial score (nSPS) is 18.5. The van der Waals surface area contributed by atoms with Gasteiger partial charge in [0.25, 0.3) is 5.91 Å². The second-order valence-electron chi connectivity index (χ2n) is 7.83. The zero-order valence-electron chi connectivity index (χ0n) is 19.1. The molecule has 35 heavy (non-hydrogen) atoms. The number of nitrogens with one attached hydrogen (secondary N) is 1. The summed E-state index contributed by atoms with van der Waals surface area (Å²) < 4.78 is 23.9. The van der Waals surface area contributed by atoms with E-state index < -0.39 is 20.5 Å². The summed E-state index contributed by atoms with van der Waals surface area (Å²) in [6, 6.07) is 0.178. The molecule has 4 rings (SSSR count). The van der Waals surface area contributed by atoms with Crippen LogP contribution in [0, 0.1) is 0 Å². The smallest absolute Gasteiger partial charge is 0.397 e. The lowest BCUT2D eigenvalue weighted by Gasteiger charge is -2.34. The molecule has 3 aromatic rings. The number of phosphoric ester groups is 1. The Balaban J connectivity index is 1.46. The standard InChI is InChI=1S/C20H26N7O6PS/c1-3-15(21)18-16(9-27(25-18)13-5-14(6-13)32-4-2)23-19(28)17-10-35-20(24-17)12-7-22-26(8-12)11-33-34(29,30)31/h3,7-10,13-14H,4-6,11,21H2,1-2H3,(H,23,28)(H2,29,30,31)/b15-3-/t13-,14+. The highest BCUT2D eigenvalue weighted by Crippen LogP contribution is 2.37. The number of hydrogen-bond donors (Lipinski definition) is 4. The van der Waals surface area contributed by atoms with Crippen molar-refractivity contribution in [3.05, 3.63) is 41.4 Å². The van der Waals surface area contributed by atoms with Gasteiger partial charge in [0.2, 0.25) is 0 Å². The van der Waals surface area contributed by atoms with E-state index in [4.69, 9.17) is 20.3 Å². The molecule has 0 radical (unpaired) electrons. The number of nitrogens with two attached hydrogens (primary N) is 1. The largest absolute Gasteiger partial charge is 0.471 e. The summed E-state index contributed by atoms with van der Waals surface area (Å²) in [6.07, 6.45) is 8.39. The number of rotatable bonds is 10. The minimum absolute atomic E-state index is 0.178. The molecule has 1 saturated carbocycles. The van der Waals surface area contributed by atoms with Gasteiger partial charge < -0.3 is 25.6 Å². The quantitative estimate of drug-likeness (QED) is 0.289. The van der Waals surface area contributed by atoms with E-state index in [2.05, 4.69) is 25.0 Å². The molecular formula is C20H26N7O6PS. The van der Waals surface area contributed by atoms with Gasteiger partial charge in [-0.15, -0.1) is 11.3 Å². The summed E-state index contributed by atoms with van der Waals surface area (Å²) in [6.45, 7) is 4.02. The first kappa shape index (κ1) is 25.2. The van der Waals surface area contributed by atoms with E-state index in [1.807, 2.05) is 11.6 Å².